The van der Waals surface area contributed by atoms with Gasteiger partial charge in [0.15, 0.2) is 0 Å². The SMILES string of the molecule is CC1=C(C(=O)Nc2ccc(Cl)cc2)[C@H](c2cccc(Br)c2)n2nc(C(F)(F)F)nc2N1. The van der Waals surface area contributed by atoms with Crippen molar-refractivity contribution in [3.8, 4) is 0 Å². The number of fused-ring (bicyclic) bond motifs is 1. The minimum Gasteiger partial charge on any atom is -0.328 e. The molecule has 160 valence electrons. The van der Waals surface area contributed by atoms with Gasteiger partial charge >= 0.3 is 6.18 Å². The second-order valence-electron chi connectivity index (χ2n) is 6.78. The van der Waals surface area contributed by atoms with Crippen molar-refractivity contribution in [1.82, 2.24) is 14.8 Å². The van der Waals surface area contributed by atoms with Gasteiger partial charge in [-0.2, -0.15) is 18.2 Å². The van der Waals surface area contributed by atoms with E-state index in [0.717, 1.165) is 4.68 Å². The summed E-state index contributed by atoms with van der Waals surface area (Å²) in [5.41, 5.74) is 1.63. The van der Waals surface area contributed by atoms with Crippen molar-refractivity contribution in [2.24, 2.45) is 0 Å². The number of rotatable bonds is 3. The number of nitrogens with one attached hydrogen (secondary N) is 2. The molecule has 2 N–H and O–H groups in total. The van der Waals surface area contributed by atoms with E-state index in [-0.39, 0.29) is 11.5 Å². The number of benzene rings is 2. The van der Waals surface area contributed by atoms with Gasteiger partial charge < -0.3 is 10.6 Å². The van der Waals surface area contributed by atoms with Gasteiger partial charge in [-0.3, -0.25) is 4.79 Å². The highest BCUT2D eigenvalue weighted by molar-refractivity contribution is 9.10. The Labute approximate surface area is 188 Å². The number of amides is 1. The first-order chi connectivity index (χ1) is 14.6. The minimum atomic E-state index is -4.73. The Bertz CT molecular complexity index is 1190. The van der Waals surface area contributed by atoms with E-state index >= 15 is 0 Å². The topological polar surface area (TPSA) is 71.8 Å². The van der Waals surface area contributed by atoms with Crippen molar-refractivity contribution in [3.63, 3.8) is 0 Å². The third-order valence-electron chi connectivity index (χ3n) is 4.62. The Kier molecular flexibility index (Phi) is 5.52. The van der Waals surface area contributed by atoms with Crippen molar-refractivity contribution in [3.05, 3.63) is 80.7 Å². The maximum absolute atomic E-state index is 13.3. The van der Waals surface area contributed by atoms with Gasteiger partial charge in [0, 0.05) is 20.9 Å². The predicted octanol–water partition coefficient (Wildman–Crippen LogP) is 5.64. The van der Waals surface area contributed by atoms with E-state index in [1.807, 2.05) is 0 Å². The molecule has 2 aromatic carbocycles. The summed E-state index contributed by atoms with van der Waals surface area (Å²) in [4.78, 5) is 16.8. The van der Waals surface area contributed by atoms with E-state index in [1.165, 1.54) is 0 Å². The lowest BCUT2D eigenvalue weighted by atomic mass is 9.95. The first kappa shape index (κ1) is 21.4. The molecule has 1 aliphatic heterocycles. The van der Waals surface area contributed by atoms with Gasteiger partial charge in [-0.25, -0.2) is 4.68 Å². The van der Waals surface area contributed by atoms with Crippen LogP contribution in [0.5, 0.6) is 0 Å². The van der Waals surface area contributed by atoms with Crippen LogP contribution in [0.15, 0.2) is 64.3 Å². The van der Waals surface area contributed by atoms with Crippen molar-refractivity contribution in [1.29, 1.82) is 0 Å². The Morgan fingerprint density at radius 2 is 1.94 bits per heavy atom. The second kappa shape index (κ2) is 8.01. The van der Waals surface area contributed by atoms with Crippen LogP contribution in [0.1, 0.15) is 24.4 Å². The Morgan fingerprint density at radius 3 is 2.58 bits per heavy atom. The van der Waals surface area contributed by atoms with Crippen molar-refractivity contribution >= 4 is 45.1 Å². The highest BCUT2D eigenvalue weighted by Crippen LogP contribution is 2.38. The molecule has 4 rings (SSSR count). The molecule has 0 fully saturated rings. The van der Waals surface area contributed by atoms with Crippen LogP contribution in [-0.2, 0) is 11.0 Å². The Balaban J connectivity index is 1.81. The number of alkyl halides is 3. The molecular weight excluding hydrogens is 499 g/mol. The van der Waals surface area contributed by atoms with Crippen LogP contribution in [-0.4, -0.2) is 20.7 Å². The molecule has 0 saturated carbocycles. The summed E-state index contributed by atoms with van der Waals surface area (Å²) in [6, 6.07) is 12.5. The standard InChI is InChI=1S/C20H14BrClF3N5O/c1-10-15(17(31)27-14-7-5-13(22)6-8-14)16(11-3-2-4-12(21)9-11)30-19(26-10)28-18(29-30)20(23,24)25/h2-9,16H,1H3,(H,27,31)(H,26,28,29)/t16-/m0/s1. The third-order valence-corrected chi connectivity index (χ3v) is 5.36. The summed E-state index contributed by atoms with van der Waals surface area (Å²) in [6.45, 7) is 1.60. The quantitative estimate of drug-likeness (QED) is 0.476. The average molecular weight is 513 g/mol. The molecule has 1 aromatic heterocycles. The molecule has 0 saturated heterocycles. The number of halogens is 5. The molecule has 1 atom stereocenters. The van der Waals surface area contributed by atoms with E-state index in [1.54, 1.807) is 55.5 Å². The number of carbonyl (C=O) groups is 1. The van der Waals surface area contributed by atoms with Gasteiger partial charge in [0.05, 0.1) is 5.57 Å². The van der Waals surface area contributed by atoms with Crippen LogP contribution in [0.3, 0.4) is 0 Å². The maximum atomic E-state index is 13.3. The van der Waals surface area contributed by atoms with Crippen LogP contribution < -0.4 is 10.6 Å². The van der Waals surface area contributed by atoms with Crippen molar-refractivity contribution in [2.75, 3.05) is 10.6 Å². The van der Waals surface area contributed by atoms with E-state index in [2.05, 4.69) is 36.6 Å². The molecule has 6 nitrogen and oxygen atoms in total. The number of carbonyl (C=O) groups excluding carboxylic acids is 1. The van der Waals surface area contributed by atoms with Gasteiger partial charge in [-0.1, -0.05) is 39.7 Å². The highest BCUT2D eigenvalue weighted by atomic mass is 79.9. The minimum absolute atomic E-state index is 0.0992. The Hall–Kier alpha value is -2.85. The normalized spacial score (nSPS) is 16.0. The molecule has 1 amide bonds. The summed E-state index contributed by atoms with van der Waals surface area (Å²) in [7, 11) is 0. The summed E-state index contributed by atoms with van der Waals surface area (Å²) < 4.78 is 41.6. The number of anilines is 2. The molecule has 2 heterocycles. The molecule has 0 radical (unpaired) electrons. The smallest absolute Gasteiger partial charge is 0.328 e. The van der Waals surface area contributed by atoms with E-state index in [0.29, 0.717) is 26.4 Å². The zero-order valence-electron chi connectivity index (χ0n) is 15.8. The van der Waals surface area contributed by atoms with Crippen LogP contribution in [0, 0.1) is 0 Å². The summed E-state index contributed by atoms with van der Waals surface area (Å²) in [6.07, 6.45) is -4.73. The second-order valence-corrected chi connectivity index (χ2v) is 8.14. The lowest BCUT2D eigenvalue weighted by Gasteiger charge is -2.28. The molecule has 3 aromatic rings. The summed E-state index contributed by atoms with van der Waals surface area (Å²) >= 11 is 9.25. The number of aromatic nitrogens is 3. The average Bonchev–Trinajstić information content (AvgIpc) is 3.12. The molecule has 0 aliphatic carbocycles. The fraction of sp³-hybridized carbons (Fsp3) is 0.150. The highest BCUT2D eigenvalue weighted by Gasteiger charge is 2.41. The van der Waals surface area contributed by atoms with Crippen LogP contribution in [0.25, 0.3) is 0 Å². The molecule has 0 bridgehead atoms. The predicted molar refractivity (Wildman–Crippen MR) is 114 cm³/mol. The number of hydrogen-bond donors (Lipinski definition) is 2. The molecule has 0 unspecified atom stereocenters. The van der Waals surface area contributed by atoms with E-state index in [9.17, 15) is 18.0 Å². The van der Waals surface area contributed by atoms with Gasteiger partial charge in [0.25, 0.3) is 11.7 Å². The first-order valence-corrected chi connectivity index (χ1v) is 10.1. The number of allylic oxidation sites excluding steroid dienone is 1. The molecule has 1 aliphatic rings. The zero-order chi connectivity index (χ0) is 22.3. The fourth-order valence-corrected chi connectivity index (χ4v) is 3.82. The van der Waals surface area contributed by atoms with Gasteiger partial charge in [0.2, 0.25) is 5.95 Å². The van der Waals surface area contributed by atoms with Crippen molar-refractivity contribution in [2.45, 2.75) is 19.1 Å². The van der Waals surface area contributed by atoms with E-state index in [4.69, 9.17) is 11.6 Å². The monoisotopic (exact) mass is 511 g/mol. The van der Waals surface area contributed by atoms with Crippen molar-refractivity contribution < 1.29 is 18.0 Å². The summed E-state index contributed by atoms with van der Waals surface area (Å²) in [5.74, 6) is -1.88. The van der Waals surface area contributed by atoms with Gasteiger partial charge in [-0.05, 0) is 48.9 Å². The summed E-state index contributed by atoms with van der Waals surface area (Å²) in [5, 5.41) is 9.70. The number of hydrogen-bond acceptors (Lipinski definition) is 4. The van der Waals surface area contributed by atoms with Crippen LogP contribution >= 0.6 is 27.5 Å². The van der Waals surface area contributed by atoms with Crippen LogP contribution in [0.4, 0.5) is 24.8 Å². The lowest BCUT2D eigenvalue weighted by molar-refractivity contribution is -0.145. The lowest BCUT2D eigenvalue weighted by Crippen LogP contribution is -2.31. The molecule has 0 spiro atoms. The molecule has 11 heteroatoms. The Morgan fingerprint density at radius 1 is 1.23 bits per heavy atom. The first-order valence-electron chi connectivity index (χ1n) is 8.97. The van der Waals surface area contributed by atoms with E-state index < -0.39 is 23.9 Å². The van der Waals surface area contributed by atoms with Crippen LogP contribution in [0.2, 0.25) is 5.02 Å². The van der Waals surface area contributed by atoms with Gasteiger partial charge in [0.1, 0.15) is 6.04 Å². The molecule has 31 heavy (non-hydrogen) atoms. The maximum Gasteiger partial charge on any atom is 0.453 e. The van der Waals surface area contributed by atoms with Gasteiger partial charge in [-0.15, -0.1) is 5.10 Å². The fourth-order valence-electron chi connectivity index (χ4n) is 3.28. The third kappa shape index (κ3) is 4.31. The number of nitrogens with zero attached hydrogens (tertiary/aromatic N) is 3. The zero-order valence-corrected chi connectivity index (χ0v) is 18.2. The molecular formula is C20H14BrClF3N5O. The largest absolute Gasteiger partial charge is 0.453 e.